The van der Waals surface area contributed by atoms with Crippen LogP contribution in [0.2, 0.25) is 12.1 Å². The van der Waals surface area contributed by atoms with E-state index in [9.17, 15) is 0 Å². The summed E-state index contributed by atoms with van der Waals surface area (Å²) in [5.74, 6) is 0. The van der Waals surface area contributed by atoms with Crippen LogP contribution in [0, 0.1) is 11.3 Å². The van der Waals surface area contributed by atoms with Crippen molar-refractivity contribution in [3.8, 4) is 6.07 Å². The predicted octanol–water partition coefficient (Wildman–Crippen LogP) is 1.82. The van der Waals surface area contributed by atoms with Crippen molar-refractivity contribution in [2.24, 2.45) is 0 Å². The van der Waals surface area contributed by atoms with E-state index in [4.69, 9.17) is 5.26 Å². The minimum atomic E-state index is 0.851. The molecular weight excluding hydrogens is 202 g/mol. The van der Waals surface area contributed by atoms with E-state index in [0.29, 0.717) is 0 Å². The van der Waals surface area contributed by atoms with Crippen molar-refractivity contribution >= 4 is 20.5 Å². The molecule has 3 heteroatoms. The maximum atomic E-state index is 9.07. The SMILES string of the molecule is N#Cc1c(CC[Si])cccc1CC[Si]. The zero-order chi connectivity index (χ0) is 10.4. The monoisotopic (exact) mass is 213 g/mol. The molecule has 0 aliphatic heterocycles. The highest BCUT2D eigenvalue weighted by Crippen LogP contribution is 2.16. The normalized spacial score (nSPS) is 9.79. The molecule has 1 rings (SSSR count). The molecule has 0 aromatic heterocycles. The molecule has 0 fully saturated rings. The van der Waals surface area contributed by atoms with E-state index < -0.39 is 0 Å². The molecule has 0 atom stereocenters. The molecule has 0 aliphatic carbocycles. The first-order chi connectivity index (χ1) is 6.83. The first-order valence-corrected chi connectivity index (χ1v) is 6.05. The number of rotatable bonds is 4. The van der Waals surface area contributed by atoms with Crippen LogP contribution in [0.15, 0.2) is 18.2 Å². The van der Waals surface area contributed by atoms with Gasteiger partial charge < -0.3 is 0 Å². The summed E-state index contributed by atoms with van der Waals surface area (Å²) in [4.78, 5) is 0. The molecule has 14 heavy (non-hydrogen) atoms. The highest BCUT2D eigenvalue weighted by molar-refractivity contribution is 6.08. The van der Waals surface area contributed by atoms with Crippen molar-refractivity contribution in [2.45, 2.75) is 24.9 Å². The van der Waals surface area contributed by atoms with Crippen molar-refractivity contribution < 1.29 is 0 Å². The van der Waals surface area contributed by atoms with Gasteiger partial charge in [0.1, 0.15) is 0 Å². The van der Waals surface area contributed by atoms with E-state index in [-0.39, 0.29) is 0 Å². The van der Waals surface area contributed by atoms with Gasteiger partial charge in [-0.2, -0.15) is 5.26 Å². The fourth-order valence-corrected chi connectivity index (χ4v) is 2.02. The minimum Gasteiger partial charge on any atom is -0.192 e. The van der Waals surface area contributed by atoms with Crippen molar-refractivity contribution in [2.75, 3.05) is 0 Å². The number of aryl methyl sites for hydroxylation is 2. The zero-order valence-corrected chi connectivity index (χ0v) is 10.0. The summed E-state index contributed by atoms with van der Waals surface area (Å²) in [5, 5.41) is 9.07. The smallest absolute Gasteiger partial charge is 0.0997 e. The Labute approximate surface area is 92.0 Å². The number of nitriles is 1. The maximum absolute atomic E-state index is 9.07. The van der Waals surface area contributed by atoms with Crippen LogP contribution < -0.4 is 0 Å². The Morgan fingerprint density at radius 3 is 1.93 bits per heavy atom. The Bertz CT molecular complexity index is 317. The van der Waals surface area contributed by atoms with E-state index >= 15 is 0 Å². The molecule has 0 saturated carbocycles. The summed E-state index contributed by atoms with van der Waals surface area (Å²) in [6.45, 7) is 0. The fraction of sp³-hybridized carbons (Fsp3) is 0.364. The molecule has 0 saturated heterocycles. The molecule has 0 aliphatic rings. The molecule has 0 unspecified atom stereocenters. The number of nitrogens with zero attached hydrogens (tertiary/aromatic N) is 1. The third kappa shape index (κ3) is 2.56. The van der Waals surface area contributed by atoms with Crippen molar-refractivity contribution in [3.05, 3.63) is 34.9 Å². The van der Waals surface area contributed by atoms with Gasteiger partial charge in [-0.3, -0.25) is 0 Å². The van der Waals surface area contributed by atoms with Crippen LogP contribution in [0.4, 0.5) is 0 Å². The summed E-state index contributed by atoms with van der Waals surface area (Å²) >= 11 is 0. The molecular formula is C11H11NSi2. The second kappa shape index (κ2) is 5.79. The van der Waals surface area contributed by atoms with E-state index in [1.165, 1.54) is 0 Å². The van der Waals surface area contributed by atoms with Crippen molar-refractivity contribution in [3.63, 3.8) is 0 Å². The first-order valence-electron chi connectivity index (χ1n) is 4.63. The van der Waals surface area contributed by atoms with Crippen LogP contribution in [-0.2, 0) is 12.8 Å². The molecule has 1 aromatic carbocycles. The minimum absolute atomic E-state index is 0.851. The Hall–Kier alpha value is -0.856. The molecule has 1 nitrogen and oxygen atoms in total. The number of benzene rings is 1. The average molecular weight is 213 g/mol. The van der Waals surface area contributed by atoms with E-state index in [1.807, 2.05) is 18.2 Å². The Balaban J connectivity index is 3.06. The van der Waals surface area contributed by atoms with Crippen molar-refractivity contribution in [1.82, 2.24) is 0 Å². The zero-order valence-electron chi connectivity index (χ0n) is 8.01. The highest BCUT2D eigenvalue weighted by atomic mass is 28.1. The van der Waals surface area contributed by atoms with Crippen molar-refractivity contribution in [1.29, 1.82) is 5.26 Å². The summed E-state index contributed by atoms with van der Waals surface area (Å²) in [6, 6.07) is 10.2. The predicted molar refractivity (Wildman–Crippen MR) is 59.7 cm³/mol. The Morgan fingerprint density at radius 1 is 1.07 bits per heavy atom. The van der Waals surface area contributed by atoms with Gasteiger partial charge in [0, 0.05) is 20.5 Å². The van der Waals surface area contributed by atoms with E-state index in [0.717, 1.165) is 41.6 Å². The van der Waals surface area contributed by atoms with E-state index in [2.05, 4.69) is 26.6 Å². The van der Waals surface area contributed by atoms with Gasteiger partial charge in [-0.1, -0.05) is 30.3 Å². The van der Waals surface area contributed by atoms with Gasteiger partial charge in [-0.25, -0.2) is 0 Å². The summed E-state index contributed by atoms with van der Waals surface area (Å²) in [6.07, 6.45) is 1.82. The molecule has 0 amide bonds. The quantitative estimate of drug-likeness (QED) is 0.700. The fourth-order valence-electron chi connectivity index (χ4n) is 1.48. The molecule has 0 spiro atoms. The summed E-state index contributed by atoms with van der Waals surface area (Å²) < 4.78 is 0. The molecule has 0 bridgehead atoms. The van der Waals surface area contributed by atoms with Crippen LogP contribution in [-0.4, -0.2) is 20.5 Å². The molecule has 68 valence electrons. The van der Waals surface area contributed by atoms with Crippen LogP contribution in [0.1, 0.15) is 16.7 Å². The van der Waals surface area contributed by atoms with Gasteiger partial charge in [0.05, 0.1) is 11.6 Å². The summed E-state index contributed by atoms with van der Waals surface area (Å²) in [7, 11) is 6.88. The third-order valence-corrected chi connectivity index (χ3v) is 2.64. The third-order valence-electron chi connectivity index (χ3n) is 2.14. The Kier molecular flexibility index (Phi) is 4.64. The van der Waals surface area contributed by atoms with Crippen LogP contribution in [0.25, 0.3) is 0 Å². The molecule has 6 radical (unpaired) electrons. The van der Waals surface area contributed by atoms with Gasteiger partial charge in [0.15, 0.2) is 0 Å². The largest absolute Gasteiger partial charge is 0.192 e. The topological polar surface area (TPSA) is 23.8 Å². The lowest BCUT2D eigenvalue weighted by atomic mass is 9.99. The lowest BCUT2D eigenvalue weighted by Gasteiger charge is -2.07. The Morgan fingerprint density at radius 2 is 1.57 bits per heavy atom. The summed E-state index contributed by atoms with van der Waals surface area (Å²) in [5.41, 5.74) is 3.13. The van der Waals surface area contributed by atoms with Gasteiger partial charge in [-0.15, -0.1) is 0 Å². The standard InChI is InChI=1S/C11H11NSi2/c12-8-11-9(4-6-13)2-1-3-10(11)5-7-14/h1-3H,4-7H2. The first kappa shape index (κ1) is 11.2. The van der Waals surface area contributed by atoms with Gasteiger partial charge in [0.25, 0.3) is 0 Å². The van der Waals surface area contributed by atoms with Gasteiger partial charge in [-0.05, 0) is 24.0 Å². The lowest BCUT2D eigenvalue weighted by molar-refractivity contribution is 1.06. The highest BCUT2D eigenvalue weighted by Gasteiger charge is 2.05. The number of hydrogen-bond donors (Lipinski definition) is 0. The average Bonchev–Trinajstić information content (AvgIpc) is 2.19. The van der Waals surface area contributed by atoms with Crippen LogP contribution in [0.3, 0.4) is 0 Å². The van der Waals surface area contributed by atoms with Gasteiger partial charge >= 0.3 is 0 Å². The van der Waals surface area contributed by atoms with Crippen LogP contribution in [0.5, 0.6) is 0 Å². The molecule has 1 aromatic rings. The molecule has 0 heterocycles. The van der Waals surface area contributed by atoms with E-state index in [1.54, 1.807) is 0 Å². The second-order valence-corrected chi connectivity index (χ2v) is 4.06. The van der Waals surface area contributed by atoms with Gasteiger partial charge in [0.2, 0.25) is 0 Å². The molecule has 0 N–H and O–H groups in total. The lowest BCUT2D eigenvalue weighted by Crippen LogP contribution is -1.96. The van der Waals surface area contributed by atoms with Crippen LogP contribution >= 0.6 is 0 Å². The second-order valence-electron chi connectivity index (χ2n) is 3.06. The maximum Gasteiger partial charge on any atom is 0.0997 e. The number of hydrogen-bond acceptors (Lipinski definition) is 1.